The minimum absolute atomic E-state index is 0.00176. The van der Waals surface area contributed by atoms with Crippen LogP contribution in [0, 0.1) is 0 Å². The van der Waals surface area contributed by atoms with Crippen molar-refractivity contribution in [3.63, 3.8) is 0 Å². The molecule has 1 N–H and O–H groups in total. The molecule has 2 aromatic carbocycles. The highest BCUT2D eigenvalue weighted by molar-refractivity contribution is 6.04. The Labute approximate surface area is 164 Å². The summed E-state index contributed by atoms with van der Waals surface area (Å²) in [5.74, 6) is -1.72. The van der Waals surface area contributed by atoms with Crippen molar-refractivity contribution in [3.8, 4) is 11.1 Å². The van der Waals surface area contributed by atoms with Crippen molar-refractivity contribution in [2.75, 3.05) is 13.7 Å². The van der Waals surface area contributed by atoms with Gasteiger partial charge in [-0.3, -0.25) is 4.79 Å². The number of carbonyl (C=O) groups is 2. The topological polar surface area (TPSA) is 79.2 Å². The van der Waals surface area contributed by atoms with Gasteiger partial charge in [-0.2, -0.15) is 13.2 Å². The molecule has 1 heterocycles. The van der Waals surface area contributed by atoms with E-state index in [1.807, 2.05) is 0 Å². The summed E-state index contributed by atoms with van der Waals surface area (Å²) < 4.78 is 39.7. The Morgan fingerprint density at radius 3 is 2.38 bits per heavy atom. The highest BCUT2D eigenvalue weighted by atomic mass is 19.4. The van der Waals surface area contributed by atoms with Gasteiger partial charge >= 0.3 is 12.1 Å². The van der Waals surface area contributed by atoms with E-state index in [0.717, 1.165) is 11.0 Å². The van der Waals surface area contributed by atoms with Crippen LogP contribution < -0.4 is 0 Å². The minimum atomic E-state index is -4.51. The lowest BCUT2D eigenvalue weighted by Crippen LogP contribution is -2.40. The third-order valence-corrected chi connectivity index (χ3v) is 4.60. The van der Waals surface area contributed by atoms with Crippen LogP contribution in [0.4, 0.5) is 13.2 Å². The molecule has 0 radical (unpaired) electrons. The third kappa shape index (κ3) is 4.23. The third-order valence-electron chi connectivity index (χ3n) is 4.60. The number of carboxylic acids is 1. The van der Waals surface area contributed by atoms with Crippen LogP contribution in [0.1, 0.15) is 22.3 Å². The smallest absolute Gasteiger partial charge is 0.417 e. The second-order valence-electron chi connectivity index (χ2n) is 6.45. The van der Waals surface area contributed by atoms with E-state index >= 15 is 0 Å². The number of aliphatic carboxylic acids is 1. The average Bonchev–Trinajstić information content (AvgIpc) is 3.11. The van der Waals surface area contributed by atoms with Crippen LogP contribution in [0.5, 0.6) is 0 Å². The molecule has 0 spiro atoms. The number of likely N-dealkylation sites (tertiary alicyclic amines) is 1. The number of nitrogens with zero attached hydrogens (tertiary/aromatic N) is 2. The van der Waals surface area contributed by atoms with E-state index in [-0.39, 0.29) is 24.1 Å². The number of hydrogen-bond acceptors (Lipinski definition) is 4. The maximum atomic E-state index is 13.2. The molecule has 0 aromatic heterocycles. The van der Waals surface area contributed by atoms with Crippen molar-refractivity contribution in [2.24, 2.45) is 5.16 Å². The van der Waals surface area contributed by atoms with Gasteiger partial charge in [0.05, 0.1) is 17.8 Å². The van der Waals surface area contributed by atoms with E-state index in [2.05, 4.69) is 9.99 Å². The van der Waals surface area contributed by atoms with E-state index in [0.29, 0.717) is 11.3 Å². The van der Waals surface area contributed by atoms with Crippen molar-refractivity contribution in [3.05, 3.63) is 59.7 Å². The van der Waals surface area contributed by atoms with E-state index in [1.165, 1.54) is 49.6 Å². The number of oxime groups is 1. The van der Waals surface area contributed by atoms with Crippen LogP contribution in [-0.4, -0.2) is 47.3 Å². The Morgan fingerprint density at radius 2 is 1.79 bits per heavy atom. The van der Waals surface area contributed by atoms with Crippen molar-refractivity contribution in [1.82, 2.24) is 4.90 Å². The second kappa shape index (κ2) is 7.94. The van der Waals surface area contributed by atoms with Gasteiger partial charge in [0.25, 0.3) is 5.91 Å². The number of amides is 1. The SMILES string of the molecule is CON=C1C[C@@H](C(=O)O)N(C(=O)c2ccc(-c3ccccc3C(F)(F)F)cc2)C1. The Morgan fingerprint density at radius 1 is 1.14 bits per heavy atom. The van der Waals surface area contributed by atoms with E-state index < -0.39 is 29.7 Å². The van der Waals surface area contributed by atoms with Crippen LogP contribution in [-0.2, 0) is 15.8 Å². The van der Waals surface area contributed by atoms with Crippen molar-refractivity contribution in [2.45, 2.75) is 18.6 Å². The lowest BCUT2D eigenvalue weighted by Gasteiger charge is -2.21. The van der Waals surface area contributed by atoms with Crippen LogP contribution in [0.15, 0.2) is 53.7 Å². The van der Waals surface area contributed by atoms with Gasteiger partial charge in [0.1, 0.15) is 13.2 Å². The van der Waals surface area contributed by atoms with Gasteiger partial charge in [-0.1, -0.05) is 35.5 Å². The molecule has 9 heteroatoms. The first kappa shape index (κ1) is 20.4. The molecular weight excluding hydrogens is 389 g/mol. The summed E-state index contributed by atoms with van der Waals surface area (Å²) in [5, 5.41) is 13.1. The highest BCUT2D eigenvalue weighted by Gasteiger charge is 2.38. The number of benzene rings is 2. The summed E-state index contributed by atoms with van der Waals surface area (Å²) in [7, 11) is 1.32. The van der Waals surface area contributed by atoms with Gasteiger partial charge in [-0.25, -0.2) is 4.79 Å². The predicted molar refractivity (Wildman–Crippen MR) is 98.4 cm³/mol. The van der Waals surface area contributed by atoms with E-state index in [1.54, 1.807) is 0 Å². The van der Waals surface area contributed by atoms with Crippen LogP contribution in [0.25, 0.3) is 11.1 Å². The molecule has 1 aliphatic heterocycles. The molecule has 29 heavy (non-hydrogen) atoms. The zero-order valence-corrected chi connectivity index (χ0v) is 15.3. The van der Waals surface area contributed by atoms with Crippen molar-refractivity contribution < 1.29 is 32.7 Å². The predicted octanol–water partition coefficient (Wildman–Crippen LogP) is 3.67. The molecule has 2 aromatic rings. The molecule has 0 saturated carbocycles. The fraction of sp³-hybridized carbons (Fsp3) is 0.250. The first-order valence-electron chi connectivity index (χ1n) is 8.61. The molecule has 1 atom stereocenters. The Balaban J connectivity index is 1.88. The standard InChI is InChI=1S/C20H17F3N2O4/c1-29-24-14-10-17(19(27)28)25(11-14)18(26)13-8-6-12(7-9-13)15-4-2-3-5-16(15)20(21,22)23/h2-9,17H,10-11H2,1H3,(H,27,28)/t17-/m0/s1. The fourth-order valence-electron chi connectivity index (χ4n) is 3.27. The van der Waals surface area contributed by atoms with Crippen LogP contribution >= 0.6 is 0 Å². The monoisotopic (exact) mass is 406 g/mol. The fourth-order valence-corrected chi connectivity index (χ4v) is 3.27. The zero-order valence-electron chi connectivity index (χ0n) is 15.3. The van der Waals surface area contributed by atoms with Gasteiger partial charge in [0, 0.05) is 12.0 Å². The lowest BCUT2D eigenvalue weighted by molar-refractivity contribution is -0.141. The molecule has 1 aliphatic rings. The molecule has 0 aliphatic carbocycles. The molecule has 3 rings (SSSR count). The summed E-state index contributed by atoms with van der Waals surface area (Å²) in [5.41, 5.74) is 0.113. The van der Waals surface area contributed by atoms with E-state index in [4.69, 9.17) is 0 Å². The minimum Gasteiger partial charge on any atom is -0.480 e. The number of carbonyl (C=O) groups excluding carboxylic acids is 1. The first-order valence-corrected chi connectivity index (χ1v) is 8.61. The largest absolute Gasteiger partial charge is 0.480 e. The quantitative estimate of drug-likeness (QED) is 0.786. The Bertz CT molecular complexity index is 955. The average molecular weight is 406 g/mol. The number of alkyl halides is 3. The van der Waals surface area contributed by atoms with Gasteiger partial charge in [-0.15, -0.1) is 0 Å². The maximum absolute atomic E-state index is 13.2. The molecule has 1 saturated heterocycles. The zero-order chi connectivity index (χ0) is 21.2. The highest BCUT2D eigenvalue weighted by Crippen LogP contribution is 2.37. The molecule has 0 bridgehead atoms. The maximum Gasteiger partial charge on any atom is 0.417 e. The summed E-state index contributed by atoms with van der Waals surface area (Å²) in [6.07, 6.45) is -4.46. The number of rotatable bonds is 4. The number of carboxylic acid groups (broad SMARTS) is 1. The molecule has 0 unspecified atom stereocenters. The Kier molecular flexibility index (Phi) is 5.58. The van der Waals surface area contributed by atoms with Gasteiger partial charge in [0.15, 0.2) is 0 Å². The molecule has 1 amide bonds. The van der Waals surface area contributed by atoms with Crippen molar-refractivity contribution in [1.29, 1.82) is 0 Å². The number of hydrogen-bond donors (Lipinski definition) is 1. The summed E-state index contributed by atoms with van der Waals surface area (Å²) in [4.78, 5) is 30.1. The Hall–Kier alpha value is -3.36. The molecular formula is C20H17F3N2O4. The van der Waals surface area contributed by atoms with Crippen molar-refractivity contribution >= 4 is 17.6 Å². The van der Waals surface area contributed by atoms with E-state index in [9.17, 15) is 27.9 Å². The number of halogens is 3. The molecule has 6 nitrogen and oxygen atoms in total. The van der Waals surface area contributed by atoms with Crippen LogP contribution in [0.2, 0.25) is 0 Å². The second-order valence-corrected chi connectivity index (χ2v) is 6.45. The van der Waals surface area contributed by atoms with Crippen LogP contribution in [0.3, 0.4) is 0 Å². The molecule has 1 fully saturated rings. The summed E-state index contributed by atoms with van der Waals surface area (Å²) in [6.45, 7) is 0.00228. The summed E-state index contributed by atoms with van der Waals surface area (Å²) >= 11 is 0. The normalized spacial score (nSPS) is 18.1. The molecule has 152 valence electrons. The van der Waals surface area contributed by atoms with Gasteiger partial charge in [0.2, 0.25) is 0 Å². The van der Waals surface area contributed by atoms with Gasteiger partial charge in [-0.05, 0) is 29.3 Å². The lowest BCUT2D eigenvalue weighted by atomic mass is 9.98. The first-order chi connectivity index (χ1) is 13.7. The summed E-state index contributed by atoms with van der Waals surface area (Å²) in [6, 6.07) is 9.67. The van der Waals surface area contributed by atoms with Gasteiger partial charge < -0.3 is 14.8 Å².